The summed E-state index contributed by atoms with van der Waals surface area (Å²) in [4.78, 5) is 0. The zero-order valence-corrected chi connectivity index (χ0v) is 6.55. The van der Waals surface area contributed by atoms with Crippen molar-refractivity contribution in [3.8, 4) is 0 Å². The van der Waals surface area contributed by atoms with Crippen LogP contribution in [0.1, 0.15) is 5.56 Å². The highest BCUT2D eigenvalue weighted by atomic mass is 19.1. The standard InChI is InChI=1S/C9H10FNO/c10-7-2-1-6-3-8(5-12)11-9(6)4-7/h1-2,4,8,11-12H,3,5H2/t8-/m1/s1. The second-order valence-corrected chi connectivity index (χ2v) is 3.03. The number of benzene rings is 1. The minimum absolute atomic E-state index is 0.0572. The third-order valence-electron chi connectivity index (χ3n) is 2.12. The molecule has 0 radical (unpaired) electrons. The number of nitrogens with one attached hydrogen (secondary N) is 1. The van der Waals surface area contributed by atoms with Crippen molar-refractivity contribution in [2.75, 3.05) is 11.9 Å². The minimum Gasteiger partial charge on any atom is -0.394 e. The van der Waals surface area contributed by atoms with Gasteiger partial charge in [-0.3, -0.25) is 0 Å². The van der Waals surface area contributed by atoms with E-state index in [1.165, 1.54) is 12.1 Å². The molecule has 0 aliphatic carbocycles. The Morgan fingerprint density at radius 2 is 2.42 bits per heavy atom. The van der Waals surface area contributed by atoms with E-state index in [-0.39, 0.29) is 18.5 Å². The van der Waals surface area contributed by atoms with Gasteiger partial charge in [0.25, 0.3) is 0 Å². The lowest BCUT2D eigenvalue weighted by atomic mass is 10.1. The predicted molar refractivity (Wildman–Crippen MR) is 44.6 cm³/mol. The van der Waals surface area contributed by atoms with E-state index in [4.69, 9.17) is 5.11 Å². The summed E-state index contributed by atoms with van der Waals surface area (Å²) in [7, 11) is 0. The molecule has 0 spiro atoms. The predicted octanol–water partition coefficient (Wildman–Crippen LogP) is 1.15. The Hall–Kier alpha value is -1.09. The zero-order chi connectivity index (χ0) is 8.55. The summed E-state index contributed by atoms with van der Waals surface area (Å²) in [6, 6.07) is 4.72. The molecule has 0 unspecified atom stereocenters. The lowest BCUT2D eigenvalue weighted by Crippen LogP contribution is -2.19. The molecule has 1 aliphatic heterocycles. The number of halogens is 1. The molecule has 2 nitrogen and oxygen atoms in total. The maximum Gasteiger partial charge on any atom is 0.125 e. The van der Waals surface area contributed by atoms with Gasteiger partial charge in [-0.25, -0.2) is 4.39 Å². The number of rotatable bonds is 1. The van der Waals surface area contributed by atoms with Crippen molar-refractivity contribution in [2.45, 2.75) is 12.5 Å². The molecule has 0 aromatic heterocycles. The average molecular weight is 167 g/mol. The van der Waals surface area contributed by atoms with Crippen LogP contribution >= 0.6 is 0 Å². The zero-order valence-electron chi connectivity index (χ0n) is 6.55. The quantitative estimate of drug-likeness (QED) is 0.657. The molecule has 2 N–H and O–H groups in total. The van der Waals surface area contributed by atoms with Crippen molar-refractivity contribution < 1.29 is 9.50 Å². The fraction of sp³-hybridized carbons (Fsp3) is 0.333. The van der Waals surface area contributed by atoms with Crippen molar-refractivity contribution in [1.29, 1.82) is 0 Å². The van der Waals surface area contributed by atoms with Gasteiger partial charge in [-0.05, 0) is 24.1 Å². The molecule has 2 rings (SSSR count). The Balaban J connectivity index is 2.30. The molecule has 0 saturated heterocycles. The molecule has 64 valence electrons. The van der Waals surface area contributed by atoms with Crippen LogP contribution in [0.4, 0.5) is 10.1 Å². The van der Waals surface area contributed by atoms with Crippen LogP contribution in [0, 0.1) is 5.82 Å². The van der Waals surface area contributed by atoms with E-state index in [9.17, 15) is 4.39 Å². The van der Waals surface area contributed by atoms with Gasteiger partial charge in [0, 0.05) is 5.69 Å². The molecule has 12 heavy (non-hydrogen) atoms. The van der Waals surface area contributed by atoms with Crippen molar-refractivity contribution in [2.24, 2.45) is 0 Å². The van der Waals surface area contributed by atoms with E-state index in [0.717, 1.165) is 17.7 Å². The minimum atomic E-state index is -0.236. The largest absolute Gasteiger partial charge is 0.394 e. The van der Waals surface area contributed by atoms with Crippen LogP contribution in [0.5, 0.6) is 0 Å². The molecule has 0 bridgehead atoms. The number of fused-ring (bicyclic) bond motifs is 1. The Labute approximate surface area is 70.0 Å². The number of aliphatic hydroxyl groups is 1. The maximum absolute atomic E-state index is 12.7. The third-order valence-corrected chi connectivity index (χ3v) is 2.12. The van der Waals surface area contributed by atoms with Crippen molar-refractivity contribution in [1.82, 2.24) is 0 Å². The molecule has 1 aromatic carbocycles. The molecule has 0 saturated carbocycles. The van der Waals surface area contributed by atoms with Gasteiger partial charge in [-0.1, -0.05) is 6.07 Å². The van der Waals surface area contributed by atoms with Crippen molar-refractivity contribution in [3.63, 3.8) is 0 Å². The smallest absolute Gasteiger partial charge is 0.125 e. The van der Waals surface area contributed by atoms with Gasteiger partial charge in [0.1, 0.15) is 5.82 Å². The van der Waals surface area contributed by atoms with Crippen molar-refractivity contribution in [3.05, 3.63) is 29.6 Å². The van der Waals surface area contributed by atoms with Crippen LogP contribution in [0.25, 0.3) is 0 Å². The van der Waals surface area contributed by atoms with Crippen molar-refractivity contribution >= 4 is 5.69 Å². The first-order valence-corrected chi connectivity index (χ1v) is 3.95. The molecule has 1 aromatic rings. The van der Waals surface area contributed by atoms with E-state index in [2.05, 4.69) is 5.32 Å². The number of hydrogen-bond acceptors (Lipinski definition) is 2. The van der Waals surface area contributed by atoms with Crippen LogP contribution in [0.3, 0.4) is 0 Å². The summed E-state index contributed by atoms with van der Waals surface area (Å²) in [5.74, 6) is -0.236. The maximum atomic E-state index is 12.7. The molecular weight excluding hydrogens is 157 g/mol. The molecular formula is C9H10FNO. The SMILES string of the molecule is OC[C@H]1Cc2ccc(F)cc2N1. The van der Waals surface area contributed by atoms with Gasteiger partial charge in [-0.15, -0.1) is 0 Å². The van der Waals surface area contributed by atoms with Crippen LogP contribution in [-0.4, -0.2) is 17.8 Å². The van der Waals surface area contributed by atoms with Gasteiger partial charge >= 0.3 is 0 Å². The second-order valence-electron chi connectivity index (χ2n) is 3.03. The fourth-order valence-electron chi connectivity index (χ4n) is 1.51. The first-order valence-electron chi connectivity index (χ1n) is 3.95. The van der Waals surface area contributed by atoms with Crippen LogP contribution in [-0.2, 0) is 6.42 Å². The highest BCUT2D eigenvalue weighted by Gasteiger charge is 2.19. The van der Waals surface area contributed by atoms with E-state index in [1.807, 2.05) is 0 Å². The van der Waals surface area contributed by atoms with Crippen LogP contribution < -0.4 is 5.32 Å². The molecule has 1 atom stereocenters. The Kier molecular flexibility index (Phi) is 1.73. The van der Waals surface area contributed by atoms with E-state index >= 15 is 0 Å². The van der Waals surface area contributed by atoms with Crippen LogP contribution in [0.15, 0.2) is 18.2 Å². The summed E-state index contributed by atoms with van der Waals surface area (Å²) in [5, 5.41) is 11.9. The highest BCUT2D eigenvalue weighted by molar-refractivity contribution is 5.56. The lowest BCUT2D eigenvalue weighted by Gasteiger charge is -2.05. The molecule has 0 amide bonds. The lowest BCUT2D eigenvalue weighted by molar-refractivity contribution is 0.277. The Morgan fingerprint density at radius 3 is 3.17 bits per heavy atom. The summed E-state index contributed by atoms with van der Waals surface area (Å²) in [6.07, 6.45) is 0.784. The summed E-state index contributed by atoms with van der Waals surface area (Å²) in [5.41, 5.74) is 1.89. The monoisotopic (exact) mass is 167 g/mol. The molecule has 1 heterocycles. The highest BCUT2D eigenvalue weighted by Crippen LogP contribution is 2.25. The van der Waals surface area contributed by atoms with Gasteiger partial charge in [0.15, 0.2) is 0 Å². The van der Waals surface area contributed by atoms with E-state index in [1.54, 1.807) is 6.07 Å². The van der Waals surface area contributed by atoms with Gasteiger partial charge in [0.05, 0.1) is 12.6 Å². The first-order chi connectivity index (χ1) is 5.79. The number of anilines is 1. The average Bonchev–Trinajstić information content (AvgIpc) is 2.46. The van der Waals surface area contributed by atoms with Gasteiger partial charge < -0.3 is 10.4 Å². The number of aliphatic hydroxyl groups excluding tert-OH is 1. The second kappa shape index (κ2) is 2.75. The van der Waals surface area contributed by atoms with E-state index < -0.39 is 0 Å². The third kappa shape index (κ3) is 1.16. The summed E-state index contributed by atoms with van der Waals surface area (Å²) in [6.45, 7) is 0.0936. The normalized spacial score (nSPS) is 20.3. The number of hydrogen-bond donors (Lipinski definition) is 2. The first kappa shape index (κ1) is 7.55. The molecule has 3 heteroatoms. The summed E-state index contributed by atoms with van der Waals surface area (Å²) >= 11 is 0. The topological polar surface area (TPSA) is 32.3 Å². The van der Waals surface area contributed by atoms with Crippen LogP contribution in [0.2, 0.25) is 0 Å². The Morgan fingerprint density at radius 1 is 1.58 bits per heavy atom. The Bertz CT molecular complexity index is 301. The molecule has 1 aliphatic rings. The molecule has 0 fully saturated rings. The van der Waals surface area contributed by atoms with Gasteiger partial charge in [0.2, 0.25) is 0 Å². The van der Waals surface area contributed by atoms with Gasteiger partial charge in [-0.2, -0.15) is 0 Å². The summed E-state index contributed by atoms with van der Waals surface area (Å²) < 4.78 is 12.7. The van der Waals surface area contributed by atoms with E-state index in [0.29, 0.717) is 0 Å². The fourth-order valence-corrected chi connectivity index (χ4v) is 1.51.